The first-order valence-corrected chi connectivity index (χ1v) is 10.9. The number of carbonyl (C=O) groups is 3. The third kappa shape index (κ3) is 4.44. The molecule has 1 N–H and O–H groups in total. The second-order valence-corrected chi connectivity index (χ2v) is 8.56. The summed E-state index contributed by atoms with van der Waals surface area (Å²) < 4.78 is 13.4. The van der Waals surface area contributed by atoms with Gasteiger partial charge in [0.05, 0.1) is 5.69 Å². The zero-order valence-electron chi connectivity index (χ0n) is 18.8. The molecule has 0 aliphatic carbocycles. The monoisotopic (exact) mass is 447 g/mol. The molecule has 0 aromatic heterocycles. The lowest BCUT2D eigenvalue weighted by Crippen LogP contribution is -2.51. The molecule has 3 aromatic rings. The summed E-state index contributed by atoms with van der Waals surface area (Å²) in [5.74, 6) is -1.28. The maximum absolute atomic E-state index is 13.5. The van der Waals surface area contributed by atoms with Crippen LogP contribution in [0.3, 0.4) is 0 Å². The molecule has 0 fully saturated rings. The van der Waals surface area contributed by atoms with Crippen molar-refractivity contribution in [3.05, 3.63) is 77.6 Å². The molecule has 4 rings (SSSR count). The van der Waals surface area contributed by atoms with Crippen molar-refractivity contribution in [2.24, 2.45) is 0 Å². The molecule has 1 aliphatic heterocycles. The number of hydrogen-bond acceptors (Lipinski definition) is 3. The number of benzene rings is 3. The zero-order valence-corrected chi connectivity index (χ0v) is 18.8. The Hall–Kier alpha value is -3.74. The van der Waals surface area contributed by atoms with E-state index < -0.39 is 6.04 Å². The van der Waals surface area contributed by atoms with E-state index >= 15 is 0 Å². The Bertz CT molecular complexity index is 1220. The van der Waals surface area contributed by atoms with Gasteiger partial charge in [0.1, 0.15) is 18.4 Å². The summed E-state index contributed by atoms with van der Waals surface area (Å²) in [6.07, 6.45) is 0. The minimum absolute atomic E-state index is 0.0880. The van der Waals surface area contributed by atoms with E-state index in [0.29, 0.717) is 16.8 Å². The van der Waals surface area contributed by atoms with Gasteiger partial charge in [0.2, 0.25) is 11.8 Å². The van der Waals surface area contributed by atoms with Crippen LogP contribution in [0.4, 0.5) is 10.1 Å². The minimum atomic E-state index is -0.777. The molecule has 3 aromatic carbocycles. The molecule has 170 valence electrons. The SMILES string of the molecule is CC(C)NC(=O)[C@H](C)N(Cc1ccc(F)cc1)C(=O)CN1C(=O)c2cccc3cccc1c23. The van der Waals surface area contributed by atoms with E-state index in [4.69, 9.17) is 0 Å². The van der Waals surface area contributed by atoms with E-state index in [9.17, 15) is 18.8 Å². The average Bonchev–Trinajstić information content (AvgIpc) is 3.05. The predicted molar refractivity (Wildman–Crippen MR) is 125 cm³/mol. The summed E-state index contributed by atoms with van der Waals surface area (Å²) >= 11 is 0. The summed E-state index contributed by atoms with van der Waals surface area (Å²) in [6, 6.07) is 16.1. The third-order valence-corrected chi connectivity index (χ3v) is 5.81. The number of nitrogens with one attached hydrogen (secondary N) is 1. The van der Waals surface area contributed by atoms with Gasteiger partial charge in [-0.2, -0.15) is 0 Å². The molecular weight excluding hydrogens is 421 g/mol. The summed E-state index contributed by atoms with van der Waals surface area (Å²) in [5.41, 5.74) is 1.93. The Morgan fingerprint density at radius 3 is 2.33 bits per heavy atom. The Labute approximate surface area is 192 Å². The predicted octanol–water partition coefficient (Wildman–Crippen LogP) is 3.88. The van der Waals surface area contributed by atoms with E-state index in [2.05, 4.69) is 5.32 Å². The molecule has 7 heteroatoms. The van der Waals surface area contributed by atoms with Crippen molar-refractivity contribution in [2.75, 3.05) is 11.4 Å². The van der Waals surface area contributed by atoms with Crippen molar-refractivity contribution in [1.29, 1.82) is 0 Å². The highest BCUT2D eigenvalue weighted by Crippen LogP contribution is 2.37. The molecular formula is C26H26FN3O3. The second-order valence-electron chi connectivity index (χ2n) is 8.56. The Morgan fingerprint density at radius 1 is 1.00 bits per heavy atom. The molecule has 6 nitrogen and oxygen atoms in total. The Balaban J connectivity index is 1.62. The van der Waals surface area contributed by atoms with Gasteiger partial charge in [-0.3, -0.25) is 19.3 Å². The van der Waals surface area contributed by atoms with Gasteiger partial charge in [-0.1, -0.05) is 36.4 Å². The molecule has 0 radical (unpaired) electrons. The fraction of sp³-hybridized carbons (Fsp3) is 0.269. The summed E-state index contributed by atoms with van der Waals surface area (Å²) in [5, 5.41) is 4.59. The van der Waals surface area contributed by atoms with Crippen molar-refractivity contribution < 1.29 is 18.8 Å². The van der Waals surface area contributed by atoms with Crippen LogP contribution in [0.1, 0.15) is 36.7 Å². The van der Waals surface area contributed by atoms with Gasteiger partial charge < -0.3 is 10.2 Å². The molecule has 0 spiro atoms. The summed E-state index contributed by atoms with van der Waals surface area (Å²) in [7, 11) is 0. The van der Waals surface area contributed by atoms with E-state index in [0.717, 1.165) is 10.8 Å². The zero-order chi connectivity index (χ0) is 23.7. The number of carbonyl (C=O) groups excluding carboxylic acids is 3. The quantitative estimate of drug-likeness (QED) is 0.598. The second kappa shape index (κ2) is 9.02. The van der Waals surface area contributed by atoms with Gasteiger partial charge in [0.25, 0.3) is 5.91 Å². The van der Waals surface area contributed by atoms with Crippen molar-refractivity contribution in [3.63, 3.8) is 0 Å². The fourth-order valence-corrected chi connectivity index (χ4v) is 4.14. The van der Waals surface area contributed by atoms with Gasteiger partial charge in [-0.25, -0.2) is 4.39 Å². The van der Waals surface area contributed by atoms with Crippen LogP contribution in [0.25, 0.3) is 10.8 Å². The summed E-state index contributed by atoms with van der Waals surface area (Å²) in [6.45, 7) is 5.26. The molecule has 33 heavy (non-hydrogen) atoms. The first-order valence-electron chi connectivity index (χ1n) is 10.9. The number of nitrogens with zero attached hydrogens (tertiary/aromatic N) is 2. The van der Waals surface area contributed by atoms with Gasteiger partial charge in [0, 0.05) is 23.5 Å². The number of amides is 3. The van der Waals surface area contributed by atoms with Crippen LogP contribution in [-0.2, 0) is 16.1 Å². The first kappa shape index (κ1) is 22.5. The van der Waals surface area contributed by atoms with Crippen LogP contribution in [0.2, 0.25) is 0 Å². The lowest BCUT2D eigenvalue weighted by atomic mass is 10.1. The van der Waals surface area contributed by atoms with Crippen LogP contribution in [-0.4, -0.2) is 41.2 Å². The lowest BCUT2D eigenvalue weighted by Gasteiger charge is -2.31. The molecule has 0 bridgehead atoms. The number of hydrogen-bond donors (Lipinski definition) is 1. The molecule has 1 atom stereocenters. The smallest absolute Gasteiger partial charge is 0.259 e. The Kier molecular flexibility index (Phi) is 6.14. The van der Waals surface area contributed by atoms with Crippen molar-refractivity contribution in [2.45, 2.75) is 39.4 Å². The van der Waals surface area contributed by atoms with E-state index in [1.807, 2.05) is 44.2 Å². The van der Waals surface area contributed by atoms with Crippen LogP contribution < -0.4 is 10.2 Å². The molecule has 0 saturated heterocycles. The highest BCUT2D eigenvalue weighted by atomic mass is 19.1. The molecule has 0 saturated carbocycles. The highest BCUT2D eigenvalue weighted by Gasteiger charge is 2.34. The normalized spacial score (nSPS) is 13.5. The van der Waals surface area contributed by atoms with Crippen LogP contribution in [0.5, 0.6) is 0 Å². The van der Waals surface area contributed by atoms with Gasteiger partial charge in [0.15, 0.2) is 0 Å². The van der Waals surface area contributed by atoms with E-state index in [1.165, 1.54) is 21.9 Å². The minimum Gasteiger partial charge on any atom is -0.352 e. The lowest BCUT2D eigenvalue weighted by molar-refractivity contribution is -0.139. The van der Waals surface area contributed by atoms with Gasteiger partial charge in [-0.15, -0.1) is 0 Å². The largest absolute Gasteiger partial charge is 0.352 e. The molecule has 0 unspecified atom stereocenters. The van der Waals surface area contributed by atoms with E-state index in [1.54, 1.807) is 25.1 Å². The maximum Gasteiger partial charge on any atom is 0.259 e. The van der Waals surface area contributed by atoms with Crippen LogP contribution in [0, 0.1) is 5.82 Å². The maximum atomic E-state index is 13.5. The van der Waals surface area contributed by atoms with Gasteiger partial charge in [-0.05, 0) is 56.0 Å². The topological polar surface area (TPSA) is 69.7 Å². The van der Waals surface area contributed by atoms with Crippen molar-refractivity contribution >= 4 is 34.2 Å². The highest BCUT2D eigenvalue weighted by molar-refractivity contribution is 6.26. The van der Waals surface area contributed by atoms with E-state index in [-0.39, 0.29) is 42.7 Å². The first-order chi connectivity index (χ1) is 15.8. The van der Waals surface area contributed by atoms with Gasteiger partial charge >= 0.3 is 0 Å². The number of halogens is 1. The number of anilines is 1. The fourth-order valence-electron chi connectivity index (χ4n) is 4.14. The number of rotatable bonds is 7. The van der Waals surface area contributed by atoms with Crippen LogP contribution in [0.15, 0.2) is 60.7 Å². The Morgan fingerprint density at radius 2 is 1.67 bits per heavy atom. The third-order valence-electron chi connectivity index (χ3n) is 5.81. The molecule has 1 heterocycles. The standard InChI is InChI=1S/C26H26FN3O3/c1-16(2)28-25(32)17(3)29(14-18-10-12-20(27)13-11-18)23(31)15-30-22-9-5-7-19-6-4-8-21(24(19)22)26(30)33/h4-13,16-17H,14-15H2,1-3H3,(H,28,32)/t17-/m0/s1. The van der Waals surface area contributed by atoms with Crippen molar-refractivity contribution in [3.8, 4) is 0 Å². The summed E-state index contributed by atoms with van der Waals surface area (Å²) in [4.78, 5) is 42.2. The molecule has 3 amide bonds. The van der Waals surface area contributed by atoms with Crippen LogP contribution >= 0.6 is 0 Å². The molecule has 1 aliphatic rings. The average molecular weight is 448 g/mol. The van der Waals surface area contributed by atoms with Crippen molar-refractivity contribution in [1.82, 2.24) is 10.2 Å².